The third kappa shape index (κ3) is 5.94. The highest BCUT2D eigenvalue weighted by atomic mass is 14.9. The molecule has 0 spiro atoms. The van der Waals surface area contributed by atoms with Crippen LogP contribution in [0, 0.1) is 0 Å². The Balaban J connectivity index is 0.981. The topological polar surface area (TPSA) is 38.7 Å². The molecule has 0 saturated carbocycles. The normalized spacial score (nSPS) is 12.7. The summed E-state index contributed by atoms with van der Waals surface area (Å²) in [6, 6.07) is 67.6. The van der Waals surface area contributed by atoms with Crippen molar-refractivity contribution in [2.45, 2.75) is 19.3 Å². The Morgan fingerprint density at radius 1 is 0.373 bits per heavy atom. The molecule has 59 heavy (non-hydrogen) atoms. The summed E-state index contributed by atoms with van der Waals surface area (Å²) >= 11 is 0. The zero-order valence-electron chi connectivity index (χ0n) is 32.9. The zero-order chi connectivity index (χ0) is 39.5. The van der Waals surface area contributed by atoms with E-state index in [9.17, 15) is 0 Å². The van der Waals surface area contributed by atoms with Crippen LogP contribution in [0.3, 0.4) is 0 Å². The molecule has 10 aromatic rings. The van der Waals surface area contributed by atoms with E-state index in [1.165, 1.54) is 55.3 Å². The first-order chi connectivity index (χ1) is 29.0. The number of nitrogens with zero attached hydrogens (tertiary/aromatic N) is 3. The molecular formula is C56H39N3. The average molecular weight is 754 g/mol. The van der Waals surface area contributed by atoms with Crippen LogP contribution >= 0.6 is 0 Å². The van der Waals surface area contributed by atoms with Crippen LogP contribution in [0.4, 0.5) is 0 Å². The van der Waals surface area contributed by atoms with Crippen LogP contribution in [-0.2, 0) is 5.41 Å². The van der Waals surface area contributed by atoms with Crippen LogP contribution in [-0.4, -0.2) is 15.0 Å². The first-order valence-corrected chi connectivity index (χ1v) is 20.2. The van der Waals surface area contributed by atoms with E-state index < -0.39 is 0 Å². The standard InChI is InChI=1S/C56H39N3/c1-56(2)51-33-42-15-7-6-14-41(42)32-50(51)48-20-10-19-45(54(48)56)38-25-23-37(24-26-38)44-29-30-49(47-18-9-8-17-46(44)47)55-58-52(39-12-4-3-5-13-39)34-53(59-55)40-27-21-36(22-28-40)43-16-11-31-57-35-43/h3-35H,1-2H3. The van der Waals surface area contributed by atoms with Crippen molar-refractivity contribution in [3.8, 4) is 78.4 Å². The lowest BCUT2D eigenvalue weighted by molar-refractivity contribution is 0.663. The number of benzene rings is 8. The van der Waals surface area contributed by atoms with Gasteiger partial charge in [0.2, 0.25) is 0 Å². The maximum absolute atomic E-state index is 5.25. The Hall–Kier alpha value is -7.49. The van der Waals surface area contributed by atoms with Gasteiger partial charge in [-0.3, -0.25) is 4.98 Å². The molecule has 278 valence electrons. The van der Waals surface area contributed by atoms with Crippen molar-refractivity contribution in [3.05, 3.63) is 212 Å². The highest BCUT2D eigenvalue weighted by Crippen LogP contribution is 2.53. The predicted molar refractivity (Wildman–Crippen MR) is 245 cm³/mol. The Morgan fingerprint density at radius 3 is 1.64 bits per heavy atom. The molecule has 0 unspecified atom stereocenters. The summed E-state index contributed by atoms with van der Waals surface area (Å²) in [4.78, 5) is 14.8. The molecule has 2 heterocycles. The quantitative estimate of drug-likeness (QED) is 0.170. The minimum atomic E-state index is -0.126. The molecular weight excluding hydrogens is 715 g/mol. The largest absolute Gasteiger partial charge is 0.264 e. The number of rotatable bonds is 6. The second-order valence-corrected chi connectivity index (χ2v) is 16.0. The highest BCUT2D eigenvalue weighted by Gasteiger charge is 2.37. The molecule has 0 fully saturated rings. The molecule has 2 aromatic heterocycles. The maximum atomic E-state index is 5.25. The van der Waals surface area contributed by atoms with E-state index in [4.69, 9.17) is 9.97 Å². The van der Waals surface area contributed by atoms with Crippen molar-refractivity contribution >= 4 is 21.5 Å². The average Bonchev–Trinajstić information content (AvgIpc) is 3.53. The van der Waals surface area contributed by atoms with Gasteiger partial charge in [0.15, 0.2) is 5.82 Å². The lowest BCUT2D eigenvalue weighted by Gasteiger charge is -2.25. The van der Waals surface area contributed by atoms with Crippen molar-refractivity contribution in [2.75, 3.05) is 0 Å². The summed E-state index contributed by atoms with van der Waals surface area (Å²) in [6.45, 7) is 4.75. The van der Waals surface area contributed by atoms with Crippen molar-refractivity contribution < 1.29 is 0 Å². The maximum Gasteiger partial charge on any atom is 0.161 e. The van der Waals surface area contributed by atoms with E-state index in [0.29, 0.717) is 5.82 Å². The molecule has 0 saturated heterocycles. The monoisotopic (exact) mass is 753 g/mol. The van der Waals surface area contributed by atoms with Gasteiger partial charge in [-0.2, -0.15) is 0 Å². The SMILES string of the molecule is CC1(C)c2cc3ccccc3cc2-c2cccc(-c3ccc(-c4ccc(-c5nc(-c6ccccc6)cc(-c6ccc(-c7cccnc7)cc6)n5)c5ccccc45)cc3)c21. The Morgan fingerprint density at radius 2 is 0.932 bits per heavy atom. The Bertz CT molecular complexity index is 3200. The van der Waals surface area contributed by atoms with Crippen LogP contribution < -0.4 is 0 Å². The molecule has 8 aromatic carbocycles. The first-order valence-electron chi connectivity index (χ1n) is 20.2. The van der Waals surface area contributed by atoms with Crippen molar-refractivity contribution in [3.63, 3.8) is 0 Å². The molecule has 3 nitrogen and oxygen atoms in total. The van der Waals surface area contributed by atoms with Crippen LogP contribution in [0.15, 0.2) is 200 Å². The van der Waals surface area contributed by atoms with E-state index >= 15 is 0 Å². The van der Waals surface area contributed by atoms with Gasteiger partial charge in [0, 0.05) is 34.5 Å². The van der Waals surface area contributed by atoms with Gasteiger partial charge in [-0.05, 0) is 108 Å². The van der Waals surface area contributed by atoms with Crippen LogP contribution in [0.5, 0.6) is 0 Å². The van der Waals surface area contributed by atoms with Crippen LogP contribution in [0.25, 0.3) is 100.0 Å². The zero-order valence-corrected chi connectivity index (χ0v) is 32.9. The fourth-order valence-corrected chi connectivity index (χ4v) is 9.22. The summed E-state index contributed by atoms with van der Waals surface area (Å²) in [7, 11) is 0. The van der Waals surface area contributed by atoms with E-state index in [0.717, 1.165) is 50.0 Å². The van der Waals surface area contributed by atoms with Gasteiger partial charge in [-0.15, -0.1) is 0 Å². The third-order valence-electron chi connectivity index (χ3n) is 12.2. The Kier molecular flexibility index (Phi) is 8.16. The van der Waals surface area contributed by atoms with E-state index in [2.05, 4.69) is 195 Å². The van der Waals surface area contributed by atoms with Crippen LogP contribution in [0.2, 0.25) is 0 Å². The molecule has 0 bridgehead atoms. The fourth-order valence-electron chi connectivity index (χ4n) is 9.22. The molecule has 1 aliphatic rings. The second kappa shape index (κ2) is 13.9. The van der Waals surface area contributed by atoms with Gasteiger partial charge in [-0.1, -0.05) is 172 Å². The van der Waals surface area contributed by atoms with E-state index in [-0.39, 0.29) is 5.41 Å². The summed E-state index contributed by atoms with van der Waals surface area (Å²) < 4.78 is 0. The number of hydrogen-bond acceptors (Lipinski definition) is 3. The third-order valence-corrected chi connectivity index (χ3v) is 12.2. The number of aromatic nitrogens is 3. The lowest BCUT2D eigenvalue weighted by Crippen LogP contribution is -2.16. The predicted octanol–water partition coefficient (Wildman–Crippen LogP) is 14.5. The first kappa shape index (κ1) is 34.7. The van der Waals surface area contributed by atoms with Gasteiger partial charge in [0.25, 0.3) is 0 Å². The van der Waals surface area contributed by atoms with Gasteiger partial charge in [-0.25, -0.2) is 9.97 Å². The van der Waals surface area contributed by atoms with Crippen molar-refractivity contribution in [2.24, 2.45) is 0 Å². The summed E-state index contributed by atoms with van der Waals surface area (Å²) in [6.07, 6.45) is 3.69. The van der Waals surface area contributed by atoms with Crippen molar-refractivity contribution in [1.29, 1.82) is 0 Å². The van der Waals surface area contributed by atoms with Gasteiger partial charge < -0.3 is 0 Å². The lowest BCUT2D eigenvalue weighted by atomic mass is 9.78. The Labute approximate surface area is 344 Å². The van der Waals surface area contributed by atoms with Crippen LogP contribution in [0.1, 0.15) is 25.0 Å². The molecule has 3 heteroatoms. The van der Waals surface area contributed by atoms with Gasteiger partial charge in [0.05, 0.1) is 11.4 Å². The van der Waals surface area contributed by atoms with Gasteiger partial charge in [0.1, 0.15) is 0 Å². The number of hydrogen-bond donors (Lipinski definition) is 0. The number of fused-ring (bicyclic) bond motifs is 5. The van der Waals surface area contributed by atoms with Crippen molar-refractivity contribution in [1.82, 2.24) is 15.0 Å². The fraction of sp³-hybridized carbons (Fsp3) is 0.0536. The summed E-state index contributed by atoms with van der Waals surface area (Å²) in [5.74, 6) is 0.699. The minimum Gasteiger partial charge on any atom is -0.264 e. The molecule has 11 rings (SSSR count). The summed E-state index contributed by atoms with van der Waals surface area (Å²) in [5.41, 5.74) is 17.3. The minimum absolute atomic E-state index is 0.126. The molecule has 0 amide bonds. The second-order valence-electron chi connectivity index (χ2n) is 16.0. The molecule has 0 N–H and O–H groups in total. The highest BCUT2D eigenvalue weighted by molar-refractivity contribution is 6.04. The molecule has 0 aliphatic heterocycles. The van der Waals surface area contributed by atoms with E-state index in [1.54, 1.807) is 6.20 Å². The van der Waals surface area contributed by atoms with Gasteiger partial charge >= 0.3 is 0 Å². The summed E-state index contributed by atoms with van der Waals surface area (Å²) in [5, 5.41) is 4.85. The molecule has 1 aliphatic carbocycles. The molecule has 0 radical (unpaired) electrons. The smallest absolute Gasteiger partial charge is 0.161 e. The molecule has 0 atom stereocenters. The number of pyridine rings is 1. The van der Waals surface area contributed by atoms with E-state index in [1.807, 2.05) is 18.3 Å².